The number of carboxylic acids is 1. The zero-order chi connectivity index (χ0) is 13.3. The molecule has 102 valence electrons. The van der Waals surface area contributed by atoms with Crippen LogP contribution in [0.4, 0.5) is 0 Å². The number of nitrogens with zero attached hydrogens (tertiary/aromatic N) is 1. The lowest BCUT2D eigenvalue weighted by atomic mass is 9.90. The minimum atomic E-state index is -0.959. The summed E-state index contributed by atoms with van der Waals surface area (Å²) >= 11 is 0. The summed E-state index contributed by atoms with van der Waals surface area (Å²) in [4.78, 5) is 25.7. The number of carbonyl (C=O) groups excluding carboxylic acids is 1. The highest BCUT2D eigenvalue weighted by Crippen LogP contribution is 2.35. The lowest BCUT2D eigenvalue weighted by Crippen LogP contribution is -2.55. The first-order valence-corrected chi connectivity index (χ1v) is 6.78. The van der Waals surface area contributed by atoms with E-state index >= 15 is 0 Å². The summed E-state index contributed by atoms with van der Waals surface area (Å²) in [6.07, 6.45) is 1.86. The number of hydrogen-bond acceptors (Lipinski definition) is 3. The fourth-order valence-electron chi connectivity index (χ4n) is 3.28. The predicted octanol–water partition coefficient (Wildman–Crippen LogP) is 0.698. The minimum absolute atomic E-state index is 0.0225. The highest BCUT2D eigenvalue weighted by atomic mass is 16.4. The monoisotopic (exact) mass is 254 g/mol. The van der Waals surface area contributed by atoms with Crippen molar-refractivity contribution < 1.29 is 14.7 Å². The molecule has 0 radical (unpaired) electrons. The first-order chi connectivity index (χ1) is 8.53. The molecule has 1 unspecified atom stereocenters. The summed E-state index contributed by atoms with van der Waals surface area (Å²) < 4.78 is 0. The number of carbonyl (C=O) groups is 2. The lowest BCUT2D eigenvalue weighted by molar-refractivity contribution is -0.158. The molecule has 18 heavy (non-hydrogen) atoms. The van der Waals surface area contributed by atoms with Crippen molar-refractivity contribution in [2.45, 2.75) is 38.6 Å². The third-order valence-corrected chi connectivity index (χ3v) is 4.57. The van der Waals surface area contributed by atoms with Gasteiger partial charge in [-0.15, -0.1) is 0 Å². The van der Waals surface area contributed by atoms with Gasteiger partial charge in [-0.05, 0) is 31.7 Å². The molecule has 0 aromatic heterocycles. The number of carboxylic acid groups (broad SMARTS) is 1. The molecule has 2 saturated heterocycles. The first kappa shape index (κ1) is 13.3. The van der Waals surface area contributed by atoms with Crippen LogP contribution in [-0.4, -0.2) is 47.1 Å². The summed E-state index contributed by atoms with van der Waals surface area (Å²) in [6.45, 7) is 6.01. The van der Waals surface area contributed by atoms with Gasteiger partial charge in [0.1, 0.15) is 5.54 Å². The Morgan fingerprint density at radius 2 is 2.17 bits per heavy atom. The number of amides is 1. The van der Waals surface area contributed by atoms with Crippen LogP contribution in [0.3, 0.4) is 0 Å². The second-order valence-corrected chi connectivity index (χ2v) is 5.53. The van der Waals surface area contributed by atoms with E-state index in [4.69, 9.17) is 0 Å². The second kappa shape index (κ2) is 4.88. The molecule has 1 amide bonds. The van der Waals surface area contributed by atoms with Gasteiger partial charge in [-0.25, -0.2) is 4.79 Å². The topological polar surface area (TPSA) is 69.6 Å². The zero-order valence-electron chi connectivity index (χ0n) is 11.1. The maximum atomic E-state index is 12.6. The van der Waals surface area contributed by atoms with Crippen LogP contribution in [0, 0.1) is 11.8 Å². The van der Waals surface area contributed by atoms with Crippen molar-refractivity contribution in [1.29, 1.82) is 0 Å². The average molecular weight is 254 g/mol. The summed E-state index contributed by atoms with van der Waals surface area (Å²) in [5.74, 6) is -0.599. The quantitative estimate of drug-likeness (QED) is 0.778. The van der Waals surface area contributed by atoms with E-state index in [0.29, 0.717) is 31.8 Å². The molecule has 3 atom stereocenters. The van der Waals surface area contributed by atoms with Crippen LogP contribution in [0.5, 0.6) is 0 Å². The van der Waals surface area contributed by atoms with E-state index in [0.717, 1.165) is 13.0 Å². The molecule has 0 spiro atoms. The van der Waals surface area contributed by atoms with Gasteiger partial charge in [0.25, 0.3) is 0 Å². The molecule has 5 nitrogen and oxygen atoms in total. The van der Waals surface area contributed by atoms with E-state index in [2.05, 4.69) is 5.32 Å². The van der Waals surface area contributed by atoms with Gasteiger partial charge >= 0.3 is 5.97 Å². The van der Waals surface area contributed by atoms with Crippen molar-refractivity contribution in [3.8, 4) is 0 Å². The van der Waals surface area contributed by atoms with Crippen molar-refractivity contribution in [3.63, 3.8) is 0 Å². The van der Waals surface area contributed by atoms with E-state index in [1.807, 2.05) is 13.8 Å². The Hall–Kier alpha value is -1.10. The van der Waals surface area contributed by atoms with Crippen molar-refractivity contribution in [2.24, 2.45) is 11.8 Å². The van der Waals surface area contributed by atoms with Crippen LogP contribution < -0.4 is 5.32 Å². The number of likely N-dealkylation sites (tertiary alicyclic amines) is 1. The standard InChI is InChI=1S/C13H22N2O3/c1-3-13(12(17)18)5-4-6-15(13)11(16)10-8-14-7-9(10)2/h9-10,14H,3-8H2,1-2H3,(H,17,18)/t9-,10-,13?/m1/s1. The molecular formula is C13H22N2O3. The van der Waals surface area contributed by atoms with Gasteiger partial charge in [-0.1, -0.05) is 13.8 Å². The summed E-state index contributed by atoms with van der Waals surface area (Å²) in [5, 5.41) is 12.7. The molecular weight excluding hydrogens is 232 g/mol. The van der Waals surface area contributed by atoms with Gasteiger partial charge in [-0.3, -0.25) is 4.79 Å². The van der Waals surface area contributed by atoms with Gasteiger partial charge < -0.3 is 15.3 Å². The van der Waals surface area contributed by atoms with E-state index in [1.54, 1.807) is 4.90 Å². The Labute approximate surface area is 108 Å². The summed E-state index contributed by atoms with van der Waals surface area (Å²) in [5.41, 5.74) is -0.959. The Morgan fingerprint density at radius 1 is 1.44 bits per heavy atom. The molecule has 2 heterocycles. The molecule has 0 saturated carbocycles. The lowest BCUT2D eigenvalue weighted by Gasteiger charge is -2.36. The third kappa shape index (κ3) is 1.90. The third-order valence-electron chi connectivity index (χ3n) is 4.57. The van der Waals surface area contributed by atoms with Gasteiger partial charge in [0.15, 0.2) is 0 Å². The van der Waals surface area contributed by atoms with E-state index in [-0.39, 0.29) is 11.8 Å². The molecule has 2 rings (SSSR count). The van der Waals surface area contributed by atoms with E-state index in [9.17, 15) is 14.7 Å². The molecule has 2 aliphatic rings. The largest absolute Gasteiger partial charge is 0.479 e. The van der Waals surface area contributed by atoms with Crippen LogP contribution in [0.25, 0.3) is 0 Å². The second-order valence-electron chi connectivity index (χ2n) is 5.53. The van der Waals surface area contributed by atoms with Crippen molar-refractivity contribution in [1.82, 2.24) is 10.2 Å². The molecule has 5 heteroatoms. The molecule has 0 aromatic rings. The smallest absolute Gasteiger partial charge is 0.329 e. The fraction of sp³-hybridized carbons (Fsp3) is 0.846. The van der Waals surface area contributed by atoms with E-state index < -0.39 is 11.5 Å². The fourth-order valence-corrected chi connectivity index (χ4v) is 3.28. The van der Waals surface area contributed by atoms with Gasteiger partial charge in [0.05, 0.1) is 5.92 Å². The van der Waals surface area contributed by atoms with Crippen LogP contribution >= 0.6 is 0 Å². The number of hydrogen-bond donors (Lipinski definition) is 2. The first-order valence-electron chi connectivity index (χ1n) is 6.78. The molecule has 0 aromatic carbocycles. The molecule has 0 aliphatic carbocycles. The van der Waals surface area contributed by atoms with Crippen LogP contribution in [0.2, 0.25) is 0 Å². The summed E-state index contributed by atoms with van der Waals surface area (Å²) in [6, 6.07) is 0. The number of nitrogens with one attached hydrogen (secondary N) is 1. The van der Waals surface area contributed by atoms with Crippen LogP contribution in [-0.2, 0) is 9.59 Å². The highest BCUT2D eigenvalue weighted by molar-refractivity contribution is 5.89. The zero-order valence-corrected chi connectivity index (χ0v) is 11.1. The minimum Gasteiger partial charge on any atom is -0.479 e. The van der Waals surface area contributed by atoms with Crippen molar-refractivity contribution >= 4 is 11.9 Å². The SMILES string of the molecule is CCC1(C(=O)O)CCCN1C(=O)[C@@H]1CNC[C@H]1C. The molecule has 2 aliphatic heterocycles. The Balaban J connectivity index is 2.21. The number of rotatable bonds is 3. The molecule has 0 bridgehead atoms. The highest BCUT2D eigenvalue weighted by Gasteiger charge is 2.50. The van der Waals surface area contributed by atoms with Crippen LogP contribution in [0.1, 0.15) is 33.1 Å². The maximum absolute atomic E-state index is 12.6. The predicted molar refractivity (Wildman–Crippen MR) is 67.1 cm³/mol. The Bertz CT molecular complexity index is 358. The van der Waals surface area contributed by atoms with E-state index in [1.165, 1.54) is 0 Å². The van der Waals surface area contributed by atoms with Gasteiger partial charge in [0, 0.05) is 13.1 Å². The summed E-state index contributed by atoms with van der Waals surface area (Å²) in [7, 11) is 0. The molecule has 2 N–H and O–H groups in total. The van der Waals surface area contributed by atoms with Crippen molar-refractivity contribution in [3.05, 3.63) is 0 Å². The van der Waals surface area contributed by atoms with Crippen molar-refractivity contribution in [2.75, 3.05) is 19.6 Å². The number of aliphatic carboxylic acids is 1. The maximum Gasteiger partial charge on any atom is 0.329 e. The average Bonchev–Trinajstić information content (AvgIpc) is 2.94. The Morgan fingerprint density at radius 3 is 2.67 bits per heavy atom. The molecule has 2 fully saturated rings. The van der Waals surface area contributed by atoms with Gasteiger partial charge in [-0.2, -0.15) is 0 Å². The van der Waals surface area contributed by atoms with Gasteiger partial charge in [0.2, 0.25) is 5.91 Å². The van der Waals surface area contributed by atoms with Crippen LogP contribution in [0.15, 0.2) is 0 Å². The normalized spacial score (nSPS) is 36.0. The Kier molecular flexibility index (Phi) is 3.61.